The van der Waals surface area contributed by atoms with Crippen LogP contribution >= 0.6 is 11.8 Å². The maximum absolute atomic E-state index is 12.2. The number of hydrogen-bond acceptors (Lipinski definition) is 8. The first kappa shape index (κ1) is 21.6. The van der Waals surface area contributed by atoms with Crippen molar-refractivity contribution in [3.05, 3.63) is 59.7 Å². The third kappa shape index (κ3) is 4.97. The summed E-state index contributed by atoms with van der Waals surface area (Å²) in [5, 5.41) is 15.8. The van der Waals surface area contributed by atoms with Crippen LogP contribution < -0.4 is 10.1 Å². The number of carbonyl (C=O) groups excluding carboxylic acids is 1. The number of benzene rings is 2. The van der Waals surface area contributed by atoms with E-state index in [0.29, 0.717) is 23.4 Å². The average molecular weight is 451 g/mol. The SMILES string of the molecule is COc1ccc(CNC(=O)CSc2nnc(-c3nc(-c4ccc(C)cc4)no3)n2C)cc1. The molecule has 0 fully saturated rings. The van der Waals surface area contributed by atoms with Crippen LogP contribution in [-0.2, 0) is 18.4 Å². The molecule has 0 aliphatic rings. The molecule has 32 heavy (non-hydrogen) atoms. The standard InChI is InChI=1S/C22H22N6O3S/c1-14-4-8-16(9-5-14)19-24-21(31-27-19)20-25-26-22(28(20)2)32-13-18(29)23-12-15-6-10-17(30-3)11-7-15/h4-11H,12-13H2,1-3H3,(H,23,29). The monoisotopic (exact) mass is 450 g/mol. The molecule has 1 N–H and O–H groups in total. The lowest BCUT2D eigenvalue weighted by Gasteiger charge is -2.06. The van der Waals surface area contributed by atoms with E-state index in [1.54, 1.807) is 18.7 Å². The van der Waals surface area contributed by atoms with Crippen molar-refractivity contribution >= 4 is 17.7 Å². The maximum atomic E-state index is 12.2. The summed E-state index contributed by atoms with van der Waals surface area (Å²) in [5.41, 5.74) is 3.00. The highest BCUT2D eigenvalue weighted by Gasteiger charge is 2.19. The van der Waals surface area contributed by atoms with E-state index in [4.69, 9.17) is 9.26 Å². The zero-order chi connectivity index (χ0) is 22.5. The lowest BCUT2D eigenvalue weighted by Crippen LogP contribution is -2.24. The van der Waals surface area contributed by atoms with Crippen molar-refractivity contribution in [2.75, 3.05) is 12.9 Å². The Labute approximate surface area is 189 Å². The van der Waals surface area contributed by atoms with Crippen molar-refractivity contribution in [2.45, 2.75) is 18.6 Å². The van der Waals surface area contributed by atoms with Crippen LogP contribution in [0, 0.1) is 6.92 Å². The van der Waals surface area contributed by atoms with Crippen molar-refractivity contribution in [1.82, 2.24) is 30.2 Å². The molecule has 9 nitrogen and oxygen atoms in total. The Bertz CT molecular complexity index is 1200. The van der Waals surface area contributed by atoms with E-state index in [9.17, 15) is 4.79 Å². The van der Waals surface area contributed by atoms with Gasteiger partial charge in [0.25, 0.3) is 5.89 Å². The summed E-state index contributed by atoms with van der Waals surface area (Å²) in [6.45, 7) is 2.46. The van der Waals surface area contributed by atoms with E-state index in [-0.39, 0.29) is 17.6 Å². The van der Waals surface area contributed by atoms with Crippen LogP contribution in [0.3, 0.4) is 0 Å². The quantitative estimate of drug-likeness (QED) is 0.408. The lowest BCUT2D eigenvalue weighted by atomic mass is 10.1. The molecule has 4 aromatic rings. The lowest BCUT2D eigenvalue weighted by molar-refractivity contribution is -0.118. The van der Waals surface area contributed by atoms with E-state index >= 15 is 0 Å². The van der Waals surface area contributed by atoms with Crippen molar-refractivity contribution in [3.63, 3.8) is 0 Å². The first-order valence-corrected chi connectivity index (χ1v) is 10.8. The summed E-state index contributed by atoms with van der Waals surface area (Å²) in [5.74, 6) is 2.08. The summed E-state index contributed by atoms with van der Waals surface area (Å²) in [4.78, 5) is 16.7. The van der Waals surface area contributed by atoms with Crippen molar-refractivity contribution in [1.29, 1.82) is 0 Å². The van der Waals surface area contributed by atoms with Gasteiger partial charge in [-0.05, 0) is 24.6 Å². The molecule has 0 saturated heterocycles. The number of amides is 1. The Kier molecular flexibility index (Phi) is 6.50. The van der Waals surface area contributed by atoms with Gasteiger partial charge in [-0.1, -0.05) is 58.9 Å². The van der Waals surface area contributed by atoms with Gasteiger partial charge in [0.15, 0.2) is 5.16 Å². The second-order valence-corrected chi connectivity index (χ2v) is 8.01. The summed E-state index contributed by atoms with van der Waals surface area (Å²) in [6.07, 6.45) is 0. The van der Waals surface area contributed by atoms with Gasteiger partial charge in [-0.25, -0.2) is 0 Å². The first-order chi connectivity index (χ1) is 15.5. The average Bonchev–Trinajstić information content (AvgIpc) is 3.44. The van der Waals surface area contributed by atoms with Gasteiger partial charge in [-0.3, -0.25) is 4.79 Å². The number of rotatable bonds is 8. The Morgan fingerprint density at radius 1 is 1.12 bits per heavy atom. The third-order valence-corrected chi connectivity index (χ3v) is 5.76. The number of ether oxygens (including phenoxy) is 1. The predicted molar refractivity (Wildman–Crippen MR) is 120 cm³/mol. The Hall–Kier alpha value is -3.66. The molecule has 0 bridgehead atoms. The van der Waals surface area contributed by atoms with E-state index < -0.39 is 0 Å². The molecular weight excluding hydrogens is 428 g/mol. The largest absolute Gasteiger partial charge is 0.497 e. The molecule has 0 saturated carbocycles. The summed E-state index contributed by atoms with van der Waals surface area (Å²) in [6, 6.07) is 15.4. The van der Waals surface area contributed by atoms with Gasteiger partial charge < -0.3 is 19.1 Å². The third-order valence-electron chi connectivity index (χ3n) is 4.74. The van der Waals surface area contributed by atoms with Crippen LogP contribution in [0.25, 0.3) is 23.1 Å². The number of aryl methyl sites for hydroxylation is 1. The van der Waals surface area contributed by atoms with E-state index in [2.05, 4.69) is 25.7 Å². The summed E-state index contributed by atoms with van der Waals surface area (Å²) in [7, 11) is 3.41. The van der Waals surface area contributed by atoms with E-state index in [1.165, 1.54) is 11.8 Å². The fourth-order valence-corrected chi connectivity index (χ4v) is 3.63. The fraction of sp³-hybridized carbons (Fsp3) is 0.227. The predicted octanol–water partition coefficient (Wildman–Crippen LogP) is 3.26. The van der Waals surface area contributed by atoms with Crippen molar-refractivity contribution in [3.8, 4) is 28.9 Å². The van der Waals surface area contributed by atoms with Crippen LogP contribution in [0.2, 0.25) is 0 Å². The molecule has 164 valence electrons. The molecule has 2 heterocycles. The molecule has 0 atom stereocenters. The number of nitrogens with zero attached hydrogens (tertiary/aromatic N) is 5. The second-order valence-electron chi connectivity index (χ2n) is 7.07. The smallest absolute Gasteiger partial charge is 0.296 e. The van der Waals surface area contributed by atoms with Crippen LogP contribution in [-0.4, -0.2) is 43.7 Å². The Balaban J connectivity index is 1.34. The topological polar surface area (TPSA) is 108 Å². The Morgan fingerprint density at radius 2 is 1.88 bits per heavy atom. The summed E-state index contributed by atoms with van der Waals surface area (Å²) >= 11 is 1.28. The van der Waals surface area contributed by atoms with Crippen molar-refractivity contribution in [2.24, 2.45) is 7.05 Å². The van der Waals surface area contributed by atoms with Gasteiger partial charge in [0.05, 0.1) is 12.9 Å². The molecule has 0 aliphatic carbocycles. The normalized spacial score (nSPS) is 10.8. The van der Waals surface area contributed by atoms with Gasteiger partial charge >= 0.3 is 0 Å². The zero-order valence-electron chi connectivity index (χ0n) is 17.9. The molecule has 0 aliphatic heterocycles. The van der Waals surface area contributed by atoms with E-state index in [0.717, 1.165) is 22.4 Å². The van der Waals surface area contributed by atoms with Crippen LogP contribution in [0.4, 0.5) is 0 Å². The fourth-order valence-electron chi connectivity index (χ4n) is 2.89. The van der Waals surface area contributed by atoms with E-state index in [1.807, 2.05) is 55.5 Å². The number of hydrogen-bond donors (Lipinski definition) is 1. The molecule has 10 heteroatoms. The maximum Gasteiger partial charge on any atom is 0.296 e. The van der Waals surface area contributed by atoms with Gasteiger partial charge in [-0.2, -0.15) is 4.98 Å². The number of thioether (sulfide) groups is 1. The van der Waals surface area contributed by atoms with Crippen molar-refractivity contribution < 1.29 is 14.1 Å². The molecule has 0 unspecified atom stereocenters. The second kappa shape index (κ2) is 9.65. The highest BCUT2D eigenvalue weighted by molar-refractivity contribution is 7.99. The van der Waals surface area contributed by atoms with Gasteiger partial charge in [0, 0.05) is 19.2 Å². The number of carbonyl (C=O) groups is 1. The highest BCUT2D eigenvalue weighted by atomic mass is 32.2. The van der Waals surface area contributed by atoms with Crippen LogP contribution in [0.1, 0.15) is 11.1 Å². The minimum absolute atomic E-state index is 0.102. The van der Waals surface area contributed by atoms with Crippen LogP contribution in [0.15, 0.2) is 58.2 Å². The Morgan fingerprint density at radius 3 is 2.59 bits per heavy atom. The molecule has 4 rings (SSSR count). The highest BCUT2D eigenvalue weighted by Crippen LogP contribution is 2.24. The molecular formula is C22H22N6O3S. The number of nitrogens with one attached hydrogen (secondary N) is 1. The van der Waals surface area contributed by atoms with Gasteiger partial charge in [-0.15, -0.1) is 10.2 Å². The summed E-state index contributed by atoms with van der Waals surface area (Å²) < 4.78 is 12.2. The molecule has 0 radical (unpaired) electrons. The molecule has 2 aromatic heterocycles. The number of methoxy groups -OCH3 is 1. The molecule has 0 spiro atoms. The minimum atomic E-state index is -0.102. The zero-order valence-corrected chi connectivity index (χ0v) is 18.7. The number of aromatic nitrogens is 5. The van der Waals surface area contributed by atoms with Gasteiger partial charge in [0.1, 0.15) is 5.75 Å². The first-order valence-electron chi connectivity index (χ1n) is 9.86. The minimum Gasteiger partial charge on any atom is -0.497 e. The van der Waals surface area contributed by atoms with Gasteiger partial charge in [0.2, 0.25) is 17.6 Å². The molecule has 2 aromatic carbocycles. The van der Waals surface area contributed by atoms with Crippen LogP contribution in [0.5, 0.6) is 5.75 Å². The molecule has 1 amide bonds.